The van der Waals surface area contributed by atoms with Crippen LogP contribution in [0.3, 0.4) is 0 Å². The van der Waals surface area contributed by atoms with Gasteiger partial charge in [-0.1, -0.05) is 0 Å². The number of fused-ring (bicyclic) bond motifs is 1. The molecular weight excluding hydrogens is 258 g/mol. The molecule has 1 aromatic carbocycles. The minimum Gasteiger partial charge on any atom is -0.449 e. The van der Waals surface area contributed by atoms with Crippen LogP contribution in [0.5, 0.6) is 11.5 Å². The van der Waals surface area contributed by atoms with Crippen LogP contribution in [0.1, 0.15) is 13.8 Å². The van der Waals surface area contributed by atoms with E-state index < -0.39 is 17.4 Å². The largest absolute Gasteiger partial charge is 0.449 e. The summed E-state index contributed by atoms with van der Waals surface area (Å²) in [4.78, 5) is 0. The Bertz CT molecular complexity index is 404. The molecular formula is C9H7BrF2O2. The minimum atomic E-state index is -0.948. The molecule has 0 atom stereocenters. The maximum absolute atomic E-state index is 13.4. The maximum Gasteiger partial charge on any atom is 0.246 e. The normalized spacial score (nSPS) is 17.2. The highest BCUT2D eigenvalue weighted by Crippen LogP contribution is 2.44. The highest BCUT2D eigenvalue weighted by molar-refractivity contribution is 9.10. The van der Waals surface area contributed by atoms with Crippen molar-refractivity contribution in [2.24, 2.45) is 0 Å². The van der Waals surface area contributed by atoms with Gasteiger partial charge in [0.15, 0.2) is 11.6 Å². The third kappa shape index (κ3) is 1.35. The topological polar surface area (TPSA) is 18.5 Å². The van der Waals surface area contributed by atoms with Gasteiger partial charge in [0.25, 0.3) is 0 Å². The van der Waals surface area contributed by atoms with Crippen molar-refractivity contribution in [3.05, 3.63) is 22.2 Å². The van der Waals surface area contributed by atoms with E-state index in [1.54, 1.807) is 13.8 Å². The lowest BCUT2D eigenvalue weighted by atomic mass is 10.3. The molecule has 0 amide bonds. The molecule has 1 aromatic rings. The van der Waals surface area contributed by atoms with E-state index in [0.717, 1.165) is 6.07 Å². The number of rotatable bonds is 0. The van der Waals surface area contributed by atoms with Crippen molar-refractivity contribution in [2.45, 2.75) is 19.6 Å². The predicted octanol–water partition coefficient (Wildman–Crippen LogP) is 3.23. The summed E-state index contributed by atoms with van der Waals surface area (Å²) in [6.07, 6.45) is 0. The van der Waals surface area contributed by atoms with Gasteiger partial charge in [0.05, 0.1) is 4.47 Å². The third-order valence-corrected chi connectivity index (χ3v) is 2.51. The zero-order chi connectivity index (χ0) is 10.5. The van der Waals surface area contributed by atoms with Crippen LogP contribution < -0.4 is 9.47 Å². The quantitative estimate of drug-likeness (QED) is 0.670. The van der Waals surface area contributed by atoms with E-state index in [9.17, 15) is 8.78 Å². The second-order valence-electron chi connectivity index (χ2n) is 3.42. The molecule has 0 saturated carbocycles. The Kier molecular flexibility index (Phi) is 1.96. The Morgan fingerprint density at radius 2 is 1.93 bits per heavy atom. The Hall–Kier alpha value is -0.840. The summed E-state index contributed by atoms with van der Waals surface area (Å²) in [6.45, 7) is 3.25. The van der Waals surface area contributed by atoms with Crippen LogP contribution in [0.15, 0.2) is 10.5 Å². The Balaban J connectivity index is 2.59. The fraction of sp³-hybridized carbons (Fsp3) is 0.333. The summed E-state index contributed by atoms with van der Waals surface area (Å²) in [5.41, 5.74) is 0. The van der Waals surface area contributed by atoms with E-state index in [4.69, 9.17) is 9.47 Å². The van der Waals surface area contributed by atoms with E-state index in [1.165, 1.54) is 0 Å². The van der Waals surface area contributed by atoms with Gasteiger partial charge in [0.2, 0.25) is 11.5 Å². The molecule has 5 heteroatoms. The van der Waals surface area contributed by atoms with E-state index in [0.29, 0.717) is 0 Å². The van der Waals surface area contributed by atoms with Gasteiger partial charge in [0.1, 0.15) is 5.82 Å². The van der Waals surface area contributed by atoms with Crippen LogP contribution >= 0.6 is 15.9 Å². The van der Waals surface area contributed by atoms with Crippen LogP contribution in [0.2, 0.25) is 0 Å². The Labute approximate surface area is 87.9 Å². The smallest absolute Gasteiger partial charge is 0.246 e. The lowest BCUT2D eigenvalue weighted by Crippen LogP contribution is -2.29. The van der Waals surface area contributed by atoms with Gasteiger partial charge in [-0.3, -0.25) is 0 Å². The standard InChI is InChI=1S/C9H7BrF2O2/c1-9(2)13-5-3-4(11)6(10)7(12)8(5)14-9/h3H,1-2H3. The first-order chi connectivity index (χ1) is 6.41. The molecule has 76 valence electrons. The summed E-state index contributed by atoms with van der Waals surface area (Å²) in [5, 5.41) is 0. The molecule has 2 rings (SSSR count). The number of hydrogen-bond acceptors (Lipinski definition) is 2. The molecule has 0 N–H and O–H groups in total. The molecule has 0 bridgehead atoms. The molecule has 0 unspecified atom stereocenters. The molecule has 0 radical (unpaired) electrons. The molecule has 2 nitrogen and oxygen atoms in total. The highest BCUT2D eigenvalue weighted by Gasteiger charge is 2.35. The zero-order valence-corrected chi connectivity index (χ0v) is 9.11. The first-order valence-electron chi connectivity index (χ1n) is 3.96. The van der Waals surface area contributed by atoms with Crippen LogP contribution in [-0.2, 0) is 0 Å². The second-order valence-corrected chi connectivity index (χ2v) is 4.21. The van der Waals surface area contributed by atoms with Gasteiger partial charge in [-0.25, -0.2) is 8.78 Å². The van der Waals surface area contributed by atoms with E-state index in [1.807, 2.05) is 0 Å². The van der Waals surface area contributed by atoms with Crippen molar-refractivity contribution in [2.75, 3.05) is 0 Å². The number of hydrogen-bond donors (Lipinski definition) is 0. The lowest BCUT2D eigenvalue weighted by molar-refractivity contribution is -0.0445. The van der Waals surface area contributed by atoms with Crippen molar-refractivity contribution in [1.82, 2.24) is 0 Å². The molecule has 1 heterocycles. The van der Waals surface area contributed by atoms with E-state index >= 15 is 0 Å². The van der Waals surface area contributed by atoms with Crippen molar-refractivity contribution in [3.8, 4) is 11.5 Å². The average molecular weight is 265 g/mol. The first kappa shape index (κ1) is 9.71. The molecule has 0 aromatic heterocycles. The molecule has 0 spiro atoms. The second kappa shape index (κ2) is 2.82. The van der Waals surface area contributed by atoms with Gasteiger partial charge < -0.3 is 9.47 Å². The summed E-state index contributed by atoms with van der Waals surface area (Å²) >= 11 is 2.78. The van der Waals surface area contributed by atoms with Crippen LogP contribution in [0.25, 0.3) is 0 Å². The Morgan fingerprint density at radius 1 is 1.29 bits per heavy atom. The van der Waals surface area contributed by atoms with Gasteiger partial charge in [-0.05, 0) is 15.9 Å². The summed E-state index contributed by atoms with van der Waals surface area (Å²) in [5.74, 6) is -2.39. The van der Waals surface area contributed by atoms with E-state index in [-0.39, 0.29) is 16.0 Å². The van der Waals surface area contributed by atoms with Gasteiger partial charge in [-0.15, -0.1) is 0 Å². The summed E-state index contributed by atoms with van der Waals surface area (Å²) < 4.78 is 36.6. The van der Waals surface area contributed by atoms with Crippen LogP contribution in [0.4, 0.5) is 8.78 Å². The van der Waals surface area contributed by atoms with Crippen LogP contribution in [-0.4, -0.2) is 5.79 Å². The lowest BCUT2D eigenvalue weighted by Gasteiger charge is -2.16. The SMILES string of the molecule is CC1(C)Oc2cc(F)c(Br)c(F)c2O1. The van der Waals surface area contributed by atoms with Crippen molar-refractivity contribution >= 4 is 15.9 Å². The molecule has 1 aliphatic rings. The number of halogens is 3. The third-order valence-electron chi connectivity index (χ3n) is 1.79. The van der Waals surface area contributed by atoms with Crippen molar-refractivity contribution in [3.63, 3.8) is 0 Å². The van der Waals surface area contributed by atoms with Crippen LogP contribution in [0, 0.1) is 11.6 Å². The van der Waals surface area contributed by atoms with Gasteiger partial charge >= 0.3 is 0 Å². The molecule has 0 fully saturated rings. The predicted molar refractivity (Wildman–Crippen MR) is 49.4 cm³/mol. The molecule has 1 aliphatic heterocycles. The fourth-order valence-corrected chi connectivity index (χ4v) is 1.55. The average Bonchev–Trinajstić information content (AvgIpc) is 2.37. The molecule has 14 heavy (non-hydrogen) atoms. The summed E-state index contributed by atoms with van der Waals surface area (Å²) in [7, 11) is 0. The monoisotopic (exact) mass is 264 g/mol. The minimum absolute atomic E-state index is 0.0525. The zero-order valence-electron chi connectivity index (χ0n) is 7.53. The number of benzene rings is 1. The molecule has 0 aliphatic carbocycles. The number of ether oxygens (including phenoxy) is 2. The van der Waals surface area contributed by atoms with Crippen molar-refractivity contribution < 1.29 is 18.3 Å². The fourth-order valence-electron chi connectivity index (χ4n) is 1.26. The van der Waals surface area contributed by atoms with Gasteiger partial charge in [-0.2, -0.15) is 0 Å². The first-order valence-corrected chi connectivity index (χ1v) is 4.75. The maximum atomic E-state index is 13.4. The van der Waals surface area contributed by atoms with Crippen molar-refractivity contribution in [1.29, 1.82) is 0 Å². The highest BCUT2D eigenvalue weighted by atomic mass is 79.9. The van der Waals surface area contributed by atoms with E-state index in [2.05, 4.69) is 15.9 Å². The summed E-state index contributed by atoms with van der Waals surface area (Å²) in [6, 6.07) is 1.09. The Morgan fingerprint density at radius 3 is 2.57 bits per heavy atom. The van der Waals surface area contributed by atoms with Gasteiger partial charge in [0, 0.05) is 19.9 Å². The molecule has 0 saturated heterocycles.